The normalized spacial score (nSPS) is 10.1. The average Bonchev–Trinajstić information content (AvgIpc) is 2.32. The van der Waals surface area contributed by atoms with Crippen LogP contribution in [0.4, 0.5) is 0 Å². The first-order valence-corrected chi connectivity index (χ1v) is 6.65. The highest BCUT2D eigenvalue weighted by Gasteiger charge is 1.93. The quantitative estimate of drug-likeness (QED) is 0.673. The van der Waals surface area contributed by atoms with Gasteiger partial charge in [-0.05, 0) is 23.5 Å². The van der Waals surface area contributed by atoms with Gasteiger partial charge in [-0.3, -0.25) is 0 Å². The van der Waals surface area contributed by atoms with Crippen molar-refractivity contribution in [3.8, 4) is 0 Å². The van der Waals surface area contributed by atoms with Crippen LogP contribution < -0.4 is 0 Å². The van der Waals surface area contributed by atoms with Gasteiger partial charge in [-0.25, -0.2) is 0 Å². The molecule has 0 fully saturated rings. The fourth-order valence-corrected chi connectivity index (χ4v) is 2.72. The Morgan fingerprint density at radius 2 is 1.00 bits per heavy atom. The Bertz CT molecular complexity index is 341. The van der Waals surface area contributed by atoms with Gasteiger partial charge in [-0.15, -0.1) is 8.58 Å². The molecule has 0 aliphatic rings. The molecular formula is C14H15P. The zero-order valence-corrected chi connectivity index (χ0v) is 9.69. The minimum atomic E-state index is 0.987. The Morgan fingerprint density at radius 1 is 0.600 bits per heavy atom. The highest BCUT2D eigenvalue weighted by molar-refractivity contribution is 7.36. The molecule has 15 heavy (non-hydrogen) atoms. The van der Waals surface area contributed by atoms with Crippen molar-refractivity contribution in [2.24, 2.45) is 0 Å². The third kappa shape index (κ3) is 3.49. The van der Waals surface area contributed by atoms with E-state index >= 15 is 0 Å². The molecule has 0 saturated carbocycles. The first-order chi connectivity index (χ1) is 7.45. The van der Waals surface area contributed by atoms with Crippen molar-refractivity contribution in [1.82, 2.24) is 0 Å². The minimum absolute atomic E-state index is 0.987. The van der Waals surface area contributed by atoms with Crippen molar-refractivity contribution in [2.75, 3.05) is 0 Å². The second-order valence-electron chi connectivity index (χ2n) is 3.57. The SMILES string of the molecule is c1ccc(CPCc2ccccc2)cc1. The molecule has 2 rings (SSSR count). The maximum Gasteiger partial charge on any atom is -0.00976 e. The van der Waals surface area contributed by atoms with Gasteiger partial charge in [0.25, 0.3) is 0 Å². The third-order valence-electron chi connectivity index (χ3n) is 2.34. The molecule has 0 amide bonds. The second-order valence-corrected chi connectivity index (χ2v) is 4.78. The van der Waals surface area contributed by atoms with Gasteiger partial charge in [-0.2, -0.15) is 0 Å². The Hall–Kier alpha value is -1.13. The molecule has 1 heteroatoms. The van der Waals surface area contributed by atoms with Crippen LogP contribution in [0, 0.1) is 0 Å². The highest BCUT2D eigenvalue weighted by atomic mass is 31.1. The van der Waals surface area contributed by atoms with Crippen LogP contribution in [0.15, 0.2) is 60.7 Å². The van der Waals surface area contributed by atoms with E-state index < -0.39 is 0 Å². The summed E-state index contributed by atoms with van der Waals surface area (Å²) < 4.78 is 0. The van der Waals surface area contributed by atoms with Gasteiger partial charge in [0.15, 0.2) is 0 Å². The molecule has 0 nitrogen and oxygen atoms in total. The van der Waals surface area contributed by atoms with E-state index in [1.165, 1.54) is 23.5 Å². The van der Waals surface area contributed by atoms with E-state index in [4.69, 9.17) is 0 Å². The molecule has 2 aromatic carbocycles. The molecule has 0 bridgehead atoms. The molecule has 0 atom stereocenters. The van der Waals surface area contributed by atoms with Crippen LogP contribution >= 0.6 is 8.58 Å². The van der Waals surface area contributed by atoms with Crippen LogP contribution in [-0.4, -0.2) is 0 Å². The van der Waals surface area contributed by atoms with Crippen LogP contribution in [0.1, 0.15) is 11.1 Å². The summed E-state index contributed by atoms with van der Waals surface area (Å²) in [7, 11) is 0.987. The highest BCUT2D eigenvalue weighted by Crippen LogP contribution is 2.23. The van der Waals surface area contributed by atoms with Crippen molar-refractivity contribution in [3.63, 3.8) is 0 Å². The Morgan fingerprint density at radius 3 is 1.40 bits per heavy atom. The number of hydrogen-bond acceptors (Lipinski definition) is 0. The summed E-state index contributed by atoms with van der Waals surface area (Å²) >= 11 is 0. The van der Waals surface area contributed by atoms with Crippen molar-refractivity contribution in [2.45, 2.75) is 12.3 Å². The number of rotatable bonds is 4. The molecule has 0 heterocycles. The predicted octanol–water partition coefficient (Wildman–Crippen LogP) is 4.07. The van der Waals surface area contributed by atoms with E-state index in [2.05, 4.69) is 60.7 Å². The smallest absolute Gasteiger partial charge is 0.00976 e. The van der Waals surface area contributed by atoms with Gasteiger partial charge in [0.2, 0.25) is 0 Å². The van der Waals surface area contributed by atoms with E-state index in [1.54, 1.807) is 0 Å². The third-order valence-corrected chi connectivity index (χ3v) is 3.66. The first-order valence-electron chi connectivity index (χ1n) is 5.24. The first kappa shape index (κ1) is 10.4. The molecule has 0 aromatic heterocycles. The van der Waals surface area contributed by atoms with Crippen molar-refractivity contribution in [1.29, 1.82) is 0 Å². The van der Waals surface area contributed by atoms with Gasteiger partial charge in [0.05, 0.1) is 0 Å². The molecule has 0 aliphatic heterocycles. The largest absolute Gasteiger partial charge is 0.113 e. The van der Waals surface area contributed by atoms with Gasteiger partial charge in [-0.1, -0.05) is 60.7 Å². The molecule has 2 aromatic rings. The van der Waals surface area contributed by atoms with Crippen molar-refractivity contribution in [3.05, 3.63) is 71.8 Å². The summed E-state index contributed by atoms with van der Waals surface area (Å²) in [5, 5.41) is 0. The molecule has 0 spiro atoms. The maximum atomic E-state index is 2.21. The van der Waals surface area contributed by atoms with Crippen LogP contribution in [0.3, 0.4) is 0 Å². The Kier molecular flexibility index (Phi) is 3.93. The van der Waals surface area contributed by atoms with E-state index in [0.29, 0.717) is 0 Å². The van der Waals surface area contributed by atoms with Crippen LogP contribution in [0.25, 0.3) is 0 Å². The van der Waals surface area contributed by atoms with E-state index in [-0.39, 0.29) is 0 Å². The summed E-state index contributed by atoms with van der Waals surface area (Å²) in [6.07, 6.45) is 2.41. The van der Waals surface area contributed by atoms with Crippen LogP contribution in [-0.2, 0) is 12.3 Å². The predicted molar refractivity (Wildman–Crippen MR) is 68.6 cm³/mol. The van der Waals surface area contributed by atoms with Gasteiger partial charge >= 0.3 is 0 Å². The van der Waals surface area contributed by atoms with Gasteiger partial charge < -0.3 is 0 Å². The summed E-state index contributed by atoms with van der Waals surface area (Å²) in [6, 6.07) is 21.4. The summed E-state index contributed by atoms with van der Waals surface area (Å²) in [4.78, 5) is 0. The molecule has 0 N–H and O–H groups in total. The lowest BCUT2D eigenvalue weighted by Gasteiger charge is -2.02. The molecule has 0 saturated heterocycles. The summed E-state index contributed by atoms with van der Waals surface area (Å²) in [6.45, 7) is 0. The molecule has 0 unspecified atom stereocenters. The monoisotopic (exact) mass is 214 g/mol. The van der Waals surface area contributed by atoms with Crippen LogP contribution in [0.2, 0.25) is 0 Å². The van der Waals surface area contributed by atoms with Crippen molar-refractivity contribution < 1.29 is 0 Å². The second kappa shape index (κ2) is 5.68. The lowest BCUT2D eigenvalue weighted by Crippen LogP contribution is -1.80. The van der Waals surface area contributed by atoms with Crippen LogP contribution in [0.5, 0.6) is 0 Å². The molecular weight excluding hydrogens is 199 g/mol. The lowest BCUT2D eigenvalue weighted by molar-refractivity contribution is 1.35. The minimum Gasteiger partial charge on any atom is -0.113 e. The lowest BCUT2D eigenvalue weighted by atomic mass is 10.2. The average molecular weight is 214 g/mol. The molecule has 0 radical (unpaired) electrons. The Labute approximate surface area is 93.1 Å². The van der Waals surface area contributed by atoms with E-state index in [1.807, 2.05) is 0 Å². The summed E-state index contributed by atoms with van der Waals surface area (Å²) in [5.41, 5.74) is 2.90. The Balaban J connectivity index is 1.81. The fraction of sp³-hybridized carbons (Fsp3) is 0.143. The van der Waals surface area contributed by atoms with E-state index in [9.17, 15) is 0 Å². The van der Waals surface area contributed by atoms with E-state index in [0.717, 1.165) is 8.58 Å². The zero-order valence-electron chi connectivity index (χ0n) is 8.69. The molecule has 76 valence electrons. The fourth-order valence-electron chi connectivity index (χ4n) is 1.54. The topological polar surface area (TPSA) is 0 Å². The maximum absolute atomic E-state index is 2.21. The van der Waals surface area contributed by atoms with Crippen molar-refractivity contribution >= 4 is 8.58 Å². The zero-order chi connectivity index (χ0) is 10.3. The van der Waals surface area contributed by atoms with Gasteiger partial charge in [0, 0.05) is 0 Å². The number of hydrogen-bond donors (Lipinski definition) is 0. The standard InChI is InChI=1S/C14H15P/c1-3-7-13(8-4-1)11-15-12-14-9-5-2-6-10-14/h1-10,15H,11-12H2. The summed E-state index contributed by atoms with van der Waals surface area (Å²) in [5.74, 6) is 0. The number of benzene rings is 2. The molecule has 0 aliphatic carbocycles. The van der Waals surface area contributed by atoms with Gasteiger partial charge in [0.1, 0.15) is 0 Å².